The number of aromatic amines is 2. The molecule has 0 radical (unpaired) electrons. The summed E-state index contributed by atoms with van der Waals surface area (Å²) in [6, 6.07) is 30.4. The first kappa shape index (κ1) is 39.0. The van der Waals surface area contributed by atoms with Gasteiger partial charge in [-0.1, -0.05) is 87.5 Å². The van der Waals surface area contributed by atoms with E-state index in [4.69, 9.17) is 9.97 Å². The predicted octanol–water partition coefficient (Wildman–Crippen LogP) is 7.84. The number of methoxy groups -OCH3 is 1. The van der Waals surface area contributed by atoms with Crippen molar-refractivity contribution in [2.75, 3.05) is 27.2 Å². The number of aromatic nitrogens is 4. The monoisotopic (exact) mass is 766 g/mol. The van der Waals surface area contributed by atoms with Crippen LogP contribution < -0.4 is 10.6 Å². The second kappa shape index (κ2) is 16.8. The van der Waals surface area contributed by atoms with E-state index < -0.39 is 12.1 Å². The third-order valence-corrected chi connectivity index (χ3v) is 10.8. The molecule has 0 bridgehead atoms. The highest BCUT2D eigenvalue weighted by Gasteiger charge is 2.26. The van der Waals surface area contributed by atoms with E-state index in [0.717, 1.165) is 72.5 Å². The van der Waals surface area contributed by atoms with E-state index in [0.29, 0.717) is 18.9 Å². The molecule has 2 heterocycles. The van der Waals surface area contributed by atoms with E-state index >= 15 is 0 Å². The Hall–Kier alpha value is -6.27. The van der Waals surface area contributed by atoms with Gasteiger partial charge in [0.1, 0.15) is 24.2 Å². The zero-order chi connectivity index (χ0) is 40.2. The molecule has 0 aliphatic rings. The van der Waals surface area contributed by atoms with Crippen LogP contribution in [0.15, 0.2) is 91.0 Å². The number of hydrogen-bond donors (Lipinski definition) is 4. The van der Waals surface area contributed by atoms with Crippen LogP contribution in [0.25, 0.3) is 54.7 Å². The fourth-order valence-electron chi connectivity index (χ4n) is 7.50. The number of rotatable bonds is 14. The second-order valence-electron chi connectivity index (χ2n) is 14.9. The Morgan fingerprint density at radius 2 is 1.35 bits per heavy atom. The van der Waals surface area contributed by atoms with Crippen molar-refractivity contribution in [3.05, 3.63) is 108 Å². The van der Waals surface area contributed by atoms with E-state index in [1.54, 1.807) is 4.90 Å². The van der Waals surface area contributed by atoms with Crippen LogP contribution in [0.3, 0.4) is 0 Å². The minimum atomic E-state index is -0.648. The van der Waals surface area contributed by atoms with Crippen LogP contribution in [-0.4, -0.2) is 80.9 Å². The molecule has 3 amide bonds. The number of fused-ring (bicyclic) bond motifs is 6. The van der Waals surface area contributed by atoms with Gasteiger partial charge in [0.15, 0.2) is 0 Å². The zero-order valence-electron chi connectivity index (χ0n) is 33.3. The van der Waals surface area contributed by atoms with Gasteiger partial charge in [-0.3, -0.25) is 9.59 Å². The van der Waals surface area contributed by atoms with Crippen LogP contribution in [-0.2, 0) is 27.4 Å². The fraction of sp³-hybridized carbons (Fsp3) is 0.311. The van der Waals surface area contributed by atoms with Gasteiger partial charge in [0.05, 0.1) is 42.3 Å². The summed E-state index contributed by atoms with van der Waals surface area (Å²) in [6.45, 7) is 9.32. The molecular weight excluding hydrogens is 717 g/mol. The molecule has 0 spiro atoms. The number of amides is 3. The number of alkyl carbamates (subject to hydrolysis) is 1. The highest BCUT2D eigenvalue weighted by atomic mass is 16.5. The van der Waals surface area contributed by atoms with E-state index in [1.165, 1.54) is 7.11 Å². The van der Waals surface area contributed by atoms with Gasteiger partial charge in [0, 0.05) is 23.4 Å². The van der Waals surface area contributed by atoms with Gasteiger partial charge in [0.25, 0.3) is 0 Å². The van der Waals surface area contributed by atoms with Crippen molar-refractivity contribution in [2.24, 2.45) is 5.92 Å². The quantitative estimate of drug-likeness (QED) is 0.0882. The number of benzene rings is 5. The summed E-state index contributed by atoms with van der Waals surface area (Å²) in [7, 11) is 3.09. The van der Waals surface area contributed by atoms with Crippen molar-refractivity contribution in [1.29, 1.82) is 0 Å². The molecule has 1 unspecified atom stereocenters. The molecule has 5 aromatic carbocycles. The third kappa shape index (κ3) is 8.17. The molecule has 0 aliphatic carbocycles. The van der Waals surface area contributed by atoms with Crippen molar-refractivity contribution in [2.45, 2.75) is 59.3 Å². The standard InChI is InChI=1S/C45H50N8O4/c1-7-21-52(44(55)41(46-5)29-11-9-8-10-12-29)25-38-48-36-19-15-32-22-30(13-17-34(32)42(36)50-38)31-14-18-35-33(23-31)16-20-37-43(35)51-39(49-37)26-53(28(4)27(2)3)40(54)24-47-45(56)57-6/h8-20,22-23,27-28,41,46H,7,21,24-26H2,1-6H3,(H,47,56)(H,48,50)(H,49,51)/t28?,41-/m1/s1. The molecule has 57 heavy (non-hydrogen) atoms. The van der Waals surface area contributed by atoms with Crippen molar-refractivity contribution < 1.29 is 19.1 Å². The van der Waals surface area contributed by atoms with E-state index in [1.807, 2.05) is 55.3 Å². The topological polar surface area (TPSA) is 148 Å². The molecule has 4 N–H and O–H groups in total. The number of hydrogen-bond acceptors (Lipinski definition) is 7. The predicted molar refractivity (Wildman–Crippen MR) is 225 cm³/mol. The Labute approximate surface area is 332 Å². The molecule has 294 valence electrons. The van der Waals surface area contributed by atoms with Gasteiger partial charge in [-0.05, 0) is 78.0 Å². The minimum Gasteiger partial charge on any atom is -0.453 e. The van der Waals surface area contributed by atoms with Gasteiger partial charge in [-0.15, -0.1) is 0 Å². The number of nitrogens with one attached hydrogen (secondary N) is 4. The number of ether oxygens (including phenoxy) is 1. The van der Waals surface area contributed by atoms with E-state index in [-0.39, 0.29) is 36.9 Å². The van der Waals surface area contributed by atoms with Crippen LogP contribution in [0.5, 0.6) is 0 Å². The van der Waals surface area contributed by atoms with E-state index in [2.05, 4.69) is 101 Å². The molecule has 0 aliphatic heterocycles. The lowest BCUT2D eigenvalue weighted by atomic mass is 9.98. The number of imidazole rings is 2. The fourth-order valence-corrected chi connectivity index (χ4v) is 7.50. The Morgan fingerprint density at radius 3 is 1.88 bits per heavy atom. The second-order valence-corrected chi connectivity index (χ2v) is 14.9. The summed E-state index contributed by atoms with van der Waals surface area (Å²) in [5.74, 6) is 1.42. The number of carbonyl (C=O) groups is 3. The van der Waals surface area contributed by atoms with E-state index in [9.17, 15) is 14.4 Å². The van der Waals surface area contributed by atoms with Gasteiger partial charge in [-0.25, -0.2) is 14.8 Å². The van der Waals surface area contributed by atoms with Gasteiger partial charge >= 0.3 is 6.09 Å². The van der Waals surface area contributed by atoms with Crippen molar-refractivity contribution in [3.63, 3.8) is 0 Å². The van der Waals surface area contributed by atoms with Crippen LogP contribution in [0.4, 0.5) is 4.79 Å². The van der Waals surface area contributed by atoms with Crippen LogP contribution in [0.2, 0.25) is 0 Å². The molecule has 7 rings (SSSR count). The van der Waals surface area contributed by atoms with Crippen molar-refractivity contribution >= 4 is 61.5 Å². The average molecular weight is 767 g/mol. The first-order valence-corrected chi connectivity index (χ1v) is 19.5. The smallest absolute Gasteiger partial charge is 0.407 e. The van der Waals surface area contributed by atoms with Gasteiger partial charge < -0.3 is 35.1 Å². The molecule has 2 aromatic heterocycles. The summed E-state index contributed by atoms with van der Waals surface area (Å²) in [5.41, 5.74) is 6.62. The largest absolute Gasteiger partial charge is 0.453 e. The minimum absolute atomic E-state index is 0.0191. The summed E-state index contributed by atoms with van der Waals surface area (Å²) in [6.07, 6.45) is 0.189. The zero-order valence-corrected chi connectivity index (χ0v) is 33.3. The molecule has 0 saturated carbocycles. The number of likely N-dealkylation sites (N-methyl/N-ethyl adjacent to an activating group) is 1. The number of nitrogens with zero attached hydrogens (tertiary/aromatic N) is 4. The highest BCUT2D eigenvalue weighted by molar-refractivity contribution is 6.07. The molecule has 0 saturated heterocycles. The molecular formula is C45H50N8O4. The third-order valence-electron chi connectivity index (χ3n) is 10.8. The van der Waals surface area contributed by atoms with Gasteiger partial charge in [-0.2, -0.15) is 0 Å². The van der Waals surface area contributed by atoms with Crippen LogP contribution in [0.1, 0.15) is 57.4 Å². The summed E-state index contributed by atoms with van der Waals surface area (Å²) in [4.78, 5) is 59.1. The molecule has 12 heteroatoms. The van der Waals surface area contributed by atoms with Crippen molar-refractivity contribution in [3.8, 4) is 11.1 Å². The Balaban J connectivity index is 1.13. The maximum absolute atomic E-state index is 13.8. The Bertz CT molecular complexity index is 2560. The average Bonchev–Trinajstić information content (AvgIpc) is 3.85. The molecule has 0 fully saturated rings. The first-order chi connectivity index (χ1) is 27.6. The lowest BCUT2D eigenvalue weighted by molar-refractivity contribution is -0.134. The highest BCUT2D eigenvalue weighted by Crippen LogP contribution is 2.33. The first-order valence-electron chi connectivity index (χ1n) is 19.5. The van der Waals surface area contributed by atoms with Crippen LogP contribution >= 0.6 is 0 Å². The Kier molecular flexibility index (Phi) is 11.5. The maximum Gasteiger partial charge on any atom is 0.407 e. The molecule has 7 aromatic rings. The summed E-state index contributed by atoms with van der Waals surface area (Å²) in [5, 5.41) is 9.87. The summed E-state index contributed by atoms with van der Waals surface area (Å²) >= 11 is 0. The number of carbonyl (C=O) groups excluding carboxylic acids is 3. The Morgan fingerprint density at radius 1 is 0.772 bits per heavy atom. The van der Waals surface area contributed by atoms with Gasteiger partial charge in [0.2, 0.25) is 11.8 Å². The maximum atomic E-state index is 13.8. The lowest BCUT2D eigenvalue weighted by Gasteiger charge is -2.31. The molecule has 12 nitrogen and oxygen atoms in total. The summed E-state index contributed by atoms with van der Waals surface area (Å²) < 4.78 is 4.65. The normalized spacial score (nSPS) is 12.7. The molecule has 2 atom stereocenters. The van der Waals surface area contributed by atoms with Crippen LogP contribution in [0, 0.1) is 5.92 Å². The van der Waals surface area contributed by atoms with Crippen molar-refractivity contribution in [1.82, 2.24) is 40.4 Å². The lowest BCUT2D eigenvalue weighted by Crippen LogP contribution is -2.46. The number of H-pyrrole nitrogens is 2. The SMILES string of the molecule is CCCN(Cc1nc2c(ccc3cc(-c4ccc5c(ccc6[nH]c(CN(C(=O)CNC(=O)OC)C(C)C(C)C)nc65)c4)ccc32)[nH]1)C(=O)[C@H](NC)c1ccccc1.